The van der Waals surface area contributed by atoms with Crippen LogP contribution in [0.25, 0.3) is 0 Å². The predicted octanol–water partition coefficient (Wildman–Crippen LogP) is 3.13. The first-order chi connectivity index (χ1) is 7.68. The van der Waals surface area contributed by atoms with Crippen molar-refractivity contribution in [1.82, 2.24) is 10.6 Å². The lowest BCUT2D eigenvalue weighted by Crippen LogP contribution is -2.52. The molecule has 2 heterocycles. The lowest BCUT2D eigenvalue weighted by molar-refractivity contribution is 0.267. The van der Waals surface area contributed by atoms with Gasteiger partial charge in [0.05, 0.1) is 0 Å². The molecule has 2 rings (SSSR count). The number of halogens is 1. The highest BCUT2D eigenvalue weighted by Gasteiger charge is 2.25. The summed E-state index contributed by atoms with van der Waals surface area (Å²) in [4.78, 5) is 1.39. The highest BCUT2D eigenvalue weighted by molar-refractivity contribution is 9.10. The van der Waals surface area contributed by atoms with Crippen LogP contribution in [0, 0.1) is 0 Å². The Morgan fingerprint density at radius 1 is 1.56 bits per heavy atom. The van der Waals surface area contributed by atoms with E-state index in [0.717, 1.165) is 13.1 Å². The molecule has 2 N–H and O–H groups in total. The average Bonchev–Trinajstić information content (AvgIpc) is 2.65. The number of rotatable bonds is 4. The van der Waals surface area contributed by atoms with Gasteiger partial charge in [0.2, 0.25) is 0 Å². The molecule has 0 spiro atoms. The highest BCUT2D eigenvalue weighted by atomic mass is 79.9. The molecule has 1 fully saturated rings. The molecule has 1 aromatic rings. The third-order valence-electron chi connectivity index (χ3n) is 3.14. The van der Waals surface area contributed by atoms with E-state index in [4.69, 9.17) is 0 Å². The maximum atomic E-state index is 3.62. The average molecular weight is 303 g/mol. The van der Waals surface area contributed by atoms with Gasteiger partial charge in [0.15, 0.2) is 0 Å². The van der Waals surface area contributed by atoms with Gasteiger partial charge in [-0.15, -0.1) is 11.3 Å². The number of hydrogen-bond acceptors (Lipinski definition) is 3. The molecule has 4 heteroatoms. The Balaban J connectivity index is 1.74. The van der Waals surface area contributed by atoms with E-state index in [9.17, 15) is 0 Å². The van der Waals surface area contributed by atoms with E-state index in [0.29, 0.717) is 5.54 Å². The highest BCUT2D eigenvalue weighted by Crippen LogP contribution is 2.20. The molecule has 1 aliphatic heterocycles. The molecular formula is C12H19BrN2S. The summed E-state index contributed by atoms with van der Waals surface area (Å²) in [5.41, 5.74) is 0.298. The quantitative estimate of drug-likeness (QED) is 0.893. The van der Waals surface area contributed by atoms with E-state index in [1.54, 1.807) is 11.3 Å². The van der Waals surface area contributed by atoms with Crippen molar-refractivity contribution >= 4 is 27.3 Å². The summed E-state index contributed by atoms with van der Waals surface area (Å²) in [7, 11) is 0. The predicted molar refractivity (Wildman–Crippen MR) is 74.0 cm³/mol. The van der Waals surface area contributed by atoms with Gasteiger partial charge in [-0.3, -0.25) is 0 Å². The minimum Gasteiger partial charge on any atom is -0.310 e. The first kappa shape index (κ1) is 12.6. The van der Waals surface area contributed by atoms with Crippen LogP contribution >= 0.6 is 27.3 Å². The van der Waals surface area contributed by atoms with Crippen LogP contribution < -0.4 is 10.6 Å². The third kappa shape index (κ3) is 3.55. The molecule has 0 amide bonds. The van der Waals surface area contributed by atoms with Crippen LogP contribution in [0.5, 0.6) is 0 Å². The summed E-state index contributed by atoms with van der Waals surface area (Å²) in [6.45, 7) is 5.53. The van der Waals surface area contributed by atoms with Crippen LogP contribution in [0.2, 0.25) is 0 Å². The second kappa shape index (κ2) is 5.63. The van der Waals surface area contributed by atoms with Gasteiger partial charge >= 0.3 is 0 Å². The van der Waals surface area contributed by atoms with Crippen LogP contribution in [0.4, 0.5) is 0 Å². The summed E-state index contributed by atoms with van der Waals surface area (Å²) >= 11 is 5.29. The SMILES string of the molecule is CC1(CNCc2cc(Br)cs2)CCCCN1. The fourth-order valence-corrected chi connectivity index (χ4v) is 3.60. The molecule has 90 valence electrons. The van der Waals surface area contributed by atoms with Gasteiger partial charge in [0, 0.05) is 33.4 Å². The van der Waals surface area contributed by atoms with Crippen molar-refractivity contribution in [2.24, 2.45) is 0 Å². The zero-order valence-electron chi connectivity index (χ0n) is 9.68. The molecule has 1 saturated heterocycles. The van der Waals surface area contributed by atoms with E-state index >= 15 is 0 Å². The molecule has 0 bridgehead atoms. The second-order valence-electron chi connectivity index (χ2n) is 4.78. The Hall–Kier alpha value is 0.1000. The Morgan fingerprint density at radius 2 is 2.44 bits per heavy atom. The fourth-order valence-electron chi connectivity index (χ4n) is 2.18. The van der Waals surface area contributed by atoms with E-state index < -0.39 is 0 Å². The smallest absolute Gasteiger partial charge is 0.0300 e. The van der Waals surface area contributed by atoms with Gasteiger partial charge in [-0.2, -0.15) is 0 Å². The maximum absolute atomic E-state index is 3.62. The van der Waals surface area contributed by atoms with Gasteiger partial charge in [-0.25, -0.2) is 0 Å². The van der Waals surface area contributed by atoms with E-state index in [1.165, 1.54) is 35.2 Å². The minimum absolute atomic E-state index is 0.298. The zero-order valence-corrected chi connectivity index (χ0v) is 12.1. The molecule has 0 saturated carbocycles. The van der Waals surface area contributed by atoms with Gasteiger partial charge in [-0.1, -0.05) is 6.42 Å². The van der Waals surface area contributed by atoms with Crippen LogP contribution in [-0.4, -0.2) is 18.6 Å². The lowest BCUT2D eigenvalue weighted by Gasteiger charge is -2.35. The minimum atomic E-state index is 0.298. The normalized spacial score (nSPS) is 25.9. The Kier molecular flexibility index (Phi) is 4.41. The molecule has 1 aliphatic rings. The van der Waals surface area contributed by atoms with Crippen molar-refractivity contribution in [3.8, 4) is 0 Å². The maximum Gasteiger partial charge on any atom is 0.0300 e. The largest absolute Gasteiger partial charge is 0.310 e. The number of piperidine rings is 1. The third-order valence-corrected chi connectivity index (χ3v) is 4.84. The summed E-state index contributed by atoms with van der Waals surface area (Å²) in [5.74, 6) is 0. The van der Waals surface area contributed by atoms with Gasteiger partial charge in [0.1, 0.15) is 0 Å². The summed E-state index contributed by atoms with van der Waals surface area (Å²) < 4.78 is 1.19. The van der Waals surface area contributed by atoms with Crippen molar-refractivity contribution in [3.63, 3.8) is 0 Å². The van der Waals surface area contributed by atoms with Gasteiger partial charge in [0.25, 0.3) is 0 Å². The van der Waals surface area contributed by atoms with Crippen LogP contribution in [0.1, 0.15) is 31.1 Å². The first-order valence-electron chi connectivity index (χ1n) is 5.87. The van der Waals surface area contributed by atoms with Crippen LogP contribution in [0.15, 0.2) is 15.9 Å². The van der Waals surface area contributed by atoms with Crippen LogP contribution in [-0.2, 0) is 6.54 Å². The first-order valence-corrected chi connectivity index (χ1v) is 7.54. The number of nitrogens with one attached hydrogen (secondary N) is 2. The van der Waals surface area contributed by atoms with E-state index in [2.05, 4.69) is 44.9 Å². The van der Waals surface area contributed by atoms with Crippen molar-refractivity contribution in [3.05, 3.63) is 20.8 Å². The van der Waals surface area contributed by atoms with Gasteiger partial charge < -0.3 is 10.6 Å². The number of hydrogen-bond donors (Lipinski definition) is 2. The molecular weight excluding hydrogens is 284 g/mol. The lowest BCUT2D eigenvalue weighted by atomic mass is 9.91. The van der Waals surface area contributed by atoms with Crippen LogP contribution in [0.3, 0.4) is 0 Å². The Labute approximate surface area is 110 Å². The standard InChI is InChI=1S/C12H19BrN2S/c1-12(4-2-3-5-15-12)9-14-7-11-6-10(13)8-16-11/h6,8,14-15H,2-5,7,9H2,1H3. The second-order valence-corrected chi connectivity index (χ2v) is 6.69. The molecule has 1 unspecified atom stereocenters. The molecule has 1 aromatic heterocycles. The van der Waals surface area contributed by atoms with Crippen molar-refractivity contribution < 1.29 is 0 Å². The molecule has 1 atom stereocenters. The monoisotopic (exact) mass is 302 g/mol. The summed E-state index contributed by atoms with van der Waals surface area (Å²) in [5, 5.41) is 9.31. The van der Waals surface area contributed by atoms with Gasteiger partial charge in [-0.05, 0) is 48.3 Å². The molecule has 0 aromatic carbocycles. The molecule has 0 radical (unpaired) electrons. The number of thiophene rings is 1. The van der Waals surface area contributed by atoms with Crippen molar-refractivity contribution in [2.75, 3.05) is 13.1 Å². The topological polar surface area (TPSA) is 24.1 Å². The molecule has 2 nitrogen and oxygen atoms in total. The zero-order chi connectivity index (χ0) is 11.4. The molecule has 16 heavy (non-hydrogen) atoms. The van der Waals surface area contributed by atoms with E-state index in [-0.39, 0.29) is 0 Å². The Morgan fingerprint density at radius 3 is 3.06 bits per heavy atom. The van der Waals surface area contributed by atoms with Crippen molar-refractivity contribution in [2.45, 2.75) is 38.3 Å². The summed E-state index contributed by atoms with van der Waals surface area (Å²) in [6.07, 6.45) is 3.97. The fraction of sp³-hybridized carbons (Fsp3) is 0.667. The van der Waals surface area contributed by atoms with E-state index in [1.807, 2.05) is 0 Å². The molecule has 0 aliphatic carbocycles. The van der Waals surface area contributed by atoms with Crippen molar-refractivity contribution in [1.29, 1.82) is 0 Å². The summed E-state index contributed by atoms with van der Waals surface area (Å²) in [6, 6.07) is 2.19. The Bertz CT molecular complexity index is 332.